The van der Waals surface area contributed by atoms with Crippen LogP contribution in [0.1, 0.15) is 50.3 Å². The number of benzene rings is 1. The Kier molecular flexibility index (Phi) is 4.34. The summed E-state index contributed by atoms with van der Waals surface area (Å²) < 4.78 is 0. The Hall–Kier alpha value is -0.530. The highest BCUT2D eigenvalue weighted by Gasteiger charge is 2.29. The van der Waals surface area contributed by atoms with Crippen molar-refractivity contribution in [3.05, 3.63) is 34.3 Å². The monoisotopic (exact) mass is 265 g/mol. The van der Waals surface area contributed by atoms with Gasteiger partial charge in [-0.15, -0.1) is 0 Å². The van der Waals surface area contributed by atoms with Crippen molar-refractivity contribution in [2.45, 2.75) is 46.1 Å². The topological polar surface area (TPSA) is 26.0 Å². The molecule has 0 aliphatic heterocycles. The second-order valence-corrected chi connectivity index (χ2v) is 6.70. The molecule has 0 spiro atoms. The van der Waals surface area contributed by atoms with Crippen LogP contribution >= 0.6 is 11.6 Å². The fourth-order valence-corrected chi connectivity index (χ4v) is 3.83. The van der Waals surface area contributed by atoms with Crippen molar-refractivity contribution in [3.63, 3.8) is 0 Å². The van der Waals surface area contributed by atoms with Gasteiger partial charge in [-0.3, -0.25) is 0 Å². The second kappa shape index (κ2) is 5.63. The molecule has 0 aromatic heterocycles. The van der Waals surface area contributed by atoms with Gasteiger partial charge in [-0.05, 0) is 67.2 Å². The Bertz CT molecular complexity index is 385. The zero-order chi connectivity index (χ0) is 13.3. The van der Waals surface area contributed by atoms with E-state index in [4.69, 9.17) is 17.3 Å². The van der Waals surface area contributed by atoms with Crippen LogP contribution in [-0.2, 0) is 0 Å². The van der Waals surface area contributed by atoms with Crippen molar-refractivity contribution >= 4 is 11.6 Å². The van der Waals surface area contributed by atoms with E-state index >= 15 is 0 Å². The first-order valence-electron chi connectivity index (χ1n) is 6.98. The molecule has 2 rings (SSSR count). The van der Waals surface area contributed by atoms with Crippen LogP contribution in [0, 0.1) is 24.7 Å². The quantitative estimate of drug-likeness (QED) is 0.823. The van der Waals surface area contributed by atoms with Gasteiger partial charge in [0.2, 0.25) is 0 Å². The van der Waals surface area contributed by atoms with Crippen molar-refractivity contribution in [1.29, 1.82) is 0 Å². The summed E-state index contributed by atoms with van der Waals surface area (Å²) >= 11 is 6.13. The lowest BCUT2D eigenvalue weighted by atomic mass is 9.72. The van der Waals surface area contributed by atoms with Gasteiger partial charge in [0.05, 0.1) is 0 Å². The molecule has 100 valence electrons. The van der Waals surface area contributed by atoms with E-state index in [1.54, 1.807) is 0 Å². The third kappa shape index (κ3) is 3.27. The third-order valence-corrected chi connectivity index (χ3v) is 4.39. The molecule has 1 aromatic carbocycles. The molecule has 0 radical (unpaired) electrons. The Labute approximate surface area is 116 Å². The summed E-state index contributed by atoms with van der Waals surface area (Å²) in [7, 11) is 0. The molecule has 1 fully saturated rings. The van der Waals surface area contributed by atoms with Crippen LogP contribution in [0.2, 0.25) is 5.02 Å². The molecular formula is C16H24ClN. The van der Waals surface area contributed by atoms with Crippen molar-refractivity contribution in [1.82, 2.24) is 0 Å². The van der Waals surface area contributed by atoms with E-state index in [2.05, 4.69) is 26.8 Å². The fraction of sp³-hybridized carbons (Fsp3) is 0.625. The van der Waals surface area contributed by atoms with Gasteiger partial charge < -0.3 is 5.73 Å². The molecule has 18 heavy (non-hydrogen) atoms. The first kappa shape index (κ1) is 13.9. The van der Waals surface area contributed by atoms with Gasteiger partial charge >= 0.3 is 0 Å². The Morgan fingerprint density at radius 3 is 2.28 bits per heavy atom. The molecule has 3 atom stereocenters. The molecule has 0 saturated heterocycles. The van der Waals surface area contributed by atoms with Gasteiger partial charge in [0, 0.05) is 11.1 Å². The van der Waals surface area contributed by atoms with Crippen LogP contribution in [0.15, 0.2) is 18.2 Å². The lowest BCUT2D eigenvalue weighted by Gasteiger charge is -2.35. The van der Waals surface area contributed by atoms with Crippen LogP contribution < -0.4 is 5.73 Å². The largest absolute Gasteiger partial charge is 0.324 e. The minimum absolute atomic E-state index is 0.132. The summed E-state index contributed by atoms with van der Waals surface area (Å²) in [4.78, 5) is 0. The third-order valence-electron chi connectivity index (χ3n) is 4.17. The van der Waals surface area contributed by atoms with Gasteiger partial charge in [-0.2, -0.15) is 0 Å². The molecule has 0 bridgehead atoms. The van der Waals surface area contributed by atoms with Gasteiger partial charge in [0.15, 0.2) is 0 Å². The molecule has 1 aromatic rings. The minimum atomic E-state index is 0.132. The average molecular weight is 266 g/mol. The summed E-state index contributed by atoms with van der Waals surface area (Å²) in [5.41, 5.74) is 8.87. The lowest BCUT2D eigenvalue weighted by molar-refractivity contribution is 0.193. The maximum absolute atomic E-state index is 6.47. The number of hydrogen-bond donors (Lipinski definition) is 1. The predicted molar refractivity (Wildman–Crippen MR) is 78.8 cm³/mol. The number of rotatable bonds is 2. The SMILES string of the molecule is Cc1cc(Cl)cc(C(N)C2CC(C)CC(C)C2)c1. The normalized spacial score (nSPS) is 30.2. The Morgan fingerprint density at radius 1 is 1.11 bits per heavy atom. The van der Waals surface area contributed by atoms with Crippen LogP contribution in [-0.4, -0.2) is 0 Å². The number of nitrogens with two attached hydrogens (primary N) is 1. The van der Waals surface area contributed by atoms with Crippen molar-refractivity contribution in [2.75, 3.05) is 0 Å². The summed E-state index contributed by atoms with van der Waals surface area (Å²) in [6.45, 7) is 6.77. The van der Waals surface area contributed by atoms with E-state index in [0.29, 0.717) is 5.92 Å². The van der Waals surface area contributed by atoms with Crippen LogP contribution in [0.25, 0.3) is 0 Å². The first-order valence-corrected chi connectivity index (χ1v) is 7.36. The first-order chi connectivity index (χ1) is 8.45. The maximum Gasteiger partial charge on any atom is 0.0411 e. The van der Waals surface area contributed by atoms with E-state index in [-0.39, 0.29) is 6.04 Å². The molecule has 0 amide bonds. The Balaban J connectivity index is 2.17. The summed E-state index contributed by atoms with van der Waals surface area (Å²) in [6.07, 6.45) is 3.84. The molecule has 3 unspecified atom stereocenters. The standard InChI is InChI=1S/C16H24ClN/c1-10-4-11(2)6-13(5-10)16(18)14-7-12(3)8-15(17)9-14/h7-11,13,16H,4-6,18H2,1-3H3. The highest BCUT2D eigenvalue weighted by Crippen LogP contribution is 2.39. The van der Waals surface area contributed by atoms with Gasteiger partial charge in [-0.25, -0.2) is 0 Å². The number of hydrogen-bond acceptors (Lipinski definition) is 1. The van der Waals surface area contributed by atoms with Crippen LogP contribution in [0.3, 0.4) is 0 Å². The highest BCUT2D eigenvalue weighted by atomic mass is 35.5. The molecule has 1 saturated carbocycles. The smallest absolute Gasteiger partial charge is 0.0411 e. The van der Waals surface area contributed by atoms with Gasteiger partial charge in [-0.1, -0.05) is 31.5 Å². The number of halogens is 1. The van der Waals surface area contributed by atoms with Crippen LogP contribution in [0.5, 0.6) is 0 Å². The Morgan fingerprint density at radius 2 is 1.72 bits per heavy atom. The number of aryl methyl sites for hydroxylation is 1. The van der Waals surface area contributed by atoms with Gasteiger partial charge in [0.1, 0.15) is 0 Å². The van der Waals surface area contributed by atoms with E-state index in [9.17, 15) is 0 Å². The minimum Gasteiger partial charge on any atom is -0.324 e. The molecule has 2 heteroatoms. The average Bonchev–Trinajstić information content (AvgIpc) is 2.25. The molecule has 1 nitrogen and oxygen atoms in total. The lowest BCUT2D eigenvalue weighted by Crippen LogP contribution is -2.29. The molecule has 1 aliphatic carbocycles. The molecule has 2 N–H and O–H groups in total. The summed E-state index contributed by atoms with van der Waals surface area (Å²) in [6, 6.07) is 6.33. The highest BCUT2D eigenvalue weighted by molar-refractivity contribution is 6.30. The van der Waals surface area contributed by atoms with Gasteiger partial charge in [0.25, 0.3) is 0 Å². The van der Waals surface area contributed by atoms with Crippen LogP contribution in [0.4, 0.5) is 0 Å². The van der Waals surface area contributed by atoms with E-state index in [0.717, 1.165) is 16.9 Å². The van der Waals surface area contributed by atoms with Crippen molar-refractivity contribution in [2.24, 2.45) is 23.5 Å². The van der Waals surface area contributed by atoms with E-state index in [1.165, 1.54) is 30.4 Å². The summed E-state index contributed by atoms with van der Waals surface area (Å²) in [5.74, 6) is 2.19. The van der Waals surface area contributed by atoms with E-state index < -0.39 is 0 Å². The zero-order valence-electron chi connectivity index (χ0n) is 11.6. The zero-order valence-corrected chi connectivity index (χ0v) is 12.4. The van der Waals surface area contributed by atoms with Crippen molar-refractivity contribution < 1.29 is 0 Å². The second-order valence-electron chi connectivity index (χ2n) is 6.27. The maximum atomic E-state index is 6.47. The molecule has 1 aliphatic rings. The van der Waals surface area contributed by atoms with Crippen molar-refractivity contribution in [3.8, 4) is 0 Å². The molecule has 0 heterocycles. The predicted octanol–water partition coefficient (Wildman–Crippen LogP) is 4.72. The van der Waals surface area contributed by atoms with E-state index in [1.807, 2.05) is 12.1 Å². The molecular weight excluding hydrogens is 242 g/mol. The fourth-order valence-electron chi connectivity index (χ4n) is 3.53. The summed E-state index contributed by atoms with van der Waals surface area (Å²) in [5, 5.41) is 0.803.